The number of aromatic amines is 1. The molecule has 0 bridgehead atoms. The standard InChI is InChI=1S/C19H25N3O4/c1-14-12-20-18(21-14)16(10-6-3-7-11-17(23)24)22-19(25)26-13-15-8-4-2-5-9-15/h2,4-5,8-9,12,16H,3,6-7,10-11,13H2,1H3,(H,20,21)(H,22,25)(H,23,24). The summed E-state index contributed by atoms with van der Waals surface area (Å²) in [4.78, 5) is 30.1. The van der Waals surface area contributed by atoms with Crippen LogP contribution in [0.1, 0.15) is 55.2 Å². The fourth-order valence-corrected chi connectivity index (χ4v) is 2.60. The summed E-state index contributed by atoms with van der Waals surface area (Å²) in [6.45, 7) is 2.10. The number of aryl methyl sites for hydroxylation is 1. The van der Waals surface area contributed by atoms with Crippen LogP contribution in [0, 0.1) is 6.92 Å². The first-order valence-electron chi connectivity index (χ1n) is 8.75. The molecule has 140 valence electrons. The average Bonchev–Trinajstić information content (AvgIpc) is 3.05. The van der Waals surface area contributed by atoms with Crippen molar-refractivity contribution in [3.8, 4) is 0 Å². The first kappa shape index (κ1) is 19.5. The Hall–Kier alpha value is -2.83. The Labute approximate surface area is 152 Å². The van der Waals surface area contributed by atoms with Crippen molar-refractivity contribution < 1.29 is 19.4 Å². The molecule has 7 nitrogen and oxygen atoms in total. The molecule has 1 aromatic carbocycles. The number of imidazole rings is 1. The molecule has 0 saturated carbocycles. The summed E-state index contributed by atoms with van der Waals surface area (Å²) in [7, 11) is 0. The van der Waals surface area contributed by atoms with Crippen molar-refractivity contribution in [3.05, 3.63) is 53.6 Å². The number of hydrogen-bond acceptors (Lipinski definition) is 4. The minimum atomic E-state index is -0.786. The molecule has 2 rings (SSSR count). The molecular formula is C19H25N3O4. The van der Waals surface area contributed by atoms with E-state index in [1.165, 1.54) is 0 Å². The Morgan fingerprint density at radius 1 is 1.23 bits per heavy atom. The van der Waals surface area contributed by atoms with Crippen LogP contribution in [0.4, 0.5) is 4.79 Å². The van der Waals surface area contributed by atoms with Gasteiger partial charge in [-0.05, 0) is 25.3 Å². The van der Waals surface area contributed by atoms with Gasteiger partial charge in [-0.2, -0.15) is 0 Å². The normalized spacial score (nSPS) is 11.7. The van der Waals surface area contributed by atoms with E-state index in [-0.39, 0.29) is 19.1 Å². The lowest BCUT2D eigenvalue weighted by molar-refractivity contribution is -0.137. The number of nitrogens with zero attached hydrogens (tertiary/aromatic N) is 1. The molecule has 0 radical (unpaired) electrons. The molecule has 26 heavy (non-hydrogen) atoms. The number of rotatable bonds is 10. The van der Waals surface area contributed by atoms with Crippen LogP contribution < -0.4 is 5.32 Å². The van der Waals surface area contributed by atoms with Crippen molar-refractivity contribution in [1.29, 1.82) is 0 Å². The highest BCUT2D eigenvalue weighted by molar-refractivity contribution is 5.67. The number of H-pyrrole nitrogens is 1. The highest BCUT2D eigenvalue weighted by atomic mass is 16.5. The SMILES string of the molecule is Cc1cnc(C(CCCCCC(=O)O)NC(=O)OCc2ccccc2)[nH]1. The molecule has 2 aromatic rings. The van der Waals surface area contributed by atoms with E-state index in [9.17, 15) is 9.59 Å². The number of carbonyl (C=O) groups is 2. The van der Waals surface area contributed by atoms with Gasteiger partial charge in [-0.1, -0.05) is 43.2 Å². The zero-order valence-corrected chi connectivity index (χ0v) is 14.9. The molecule has 0 aliphatic carbocycles. The summed E-state index contributed by atoms with van der Waals surface area (Å²) in [6.07, 6.45) is 4.23. The van der Waals surface area contributed by atoms with Gasteiger partial charge in [-0.25, -0.2) is 9.78 Å². The van der Waals surface area contributed by atoms with E-state index in [1.807, 2.05) is 37.3 Å². The van der Waals surface area contributed by atoms with Gasteiger partial charge in [0.15, 0.2) is 0 Å². The molecule has 0 fully saturated rings. The van der Waals surface area contributed by atoms with Crippen molar-refractivity contribution in [3.63, 3.8) is 0 Å². The summed E-state index contributed by atoms with van der Waals surface area (Å²) in [5.41, 5.74) is 1.83. The Bertz CT molecular complexity index is 700. The largest absolute Gasteiger partial charge is 0.481 e. The number of aromatic nitrogens is 2. The van der Waals surface area contributed by atoms with Crippen molar-refractivity contribution in [2.24, 2.45) is 0 Å². The number of nitrogens with one attached hydrogen (secondary N) is 2. The maximum atomic E-state index is 12.1. The lowest BCUT2D eigenvalue weighted by atomic mass is 10.1. The van der Waals surface area contributed by atoms with E-state index in [0.717, 1.165) is 24.1 Å². The summed E-state index contributed by atoms with van der Waals surface area (Å²) in [6, 6.07) is 9.18. The van der Waals surface area contributed by atoms with Crippen LogP contribution in [-0.2, 0) is 16.1 Å². The third-order valence-corrected chi connectivity index (χ3v) is 3.94. The molecule has 0 aliphatic heterocycles. The number of carboxylic acids is 1. The number of carboxylic acid groups (broad SMARTS) is 1. The molecule has 0 spiro atoms. The number of ether oxygens (including phenoxy) is 1. The number of alkyl carbamates (subject to hydrolysis) is 1. The highest BCUT2D eigenvalue weighted by Crippen LogP contribution is 2.18. The summed E-state index contributed by atoms with van der Waals surface area (Å²) in [5, 5.41) is 11.5. The fourth-order valence-electron chi connectivity index (χ4n) is 2.60. The quantitative estimate of drug-likeness (QED) is 0.561. The highest BCUT2D eigenvalue weighted by Gasteiger charge is 2.18. The van der Waals surface area contributed by atoms with E-state index in [4.69, 9.17) is 9.84 Å². The van der Waals surface area contributed by atoms with Gasteiger partial charge in [0.05, 0.1) is 6.04 Å². The third-order valence-electron chi connectivity index (χ3n) is 3.94. The van der Waals surface area contributed by atoms with Crippen LogP contribution in [0.2, 0.25) is 0 Å². The number of unbranched alkanes of at least 4 members (excludes halogenated alkanes) is 2. The summed E-state index contributed by atoms with van der Waals surface area (Å²) < 4.78 is 5.28. The lowest BCUT2D eigenvalue weighted by Gasteiger charge is -2.17. The number of amides is 1. The van der Waals surface area contributed by atoms with E-state index in [2.05, 4.69) is 15.3 Å². The van der Waals surface area contributed by atoms with Gasteiger partial charge in [0.25, 0.3) is 0 Å². The zero-order valence-electron chi connectivity index (χ0n) is 14.9. The van der Waals surface area contributed by atoms with Gasteiger partial charge in [0.2, 0.25) is 0 Å². The fraction of sp³-hybridized carbons (Fsp3) is 0.421. The van der Waals surface area contributed by atoms with Crippen LogP contribution in [0.5, 0.6) is 0 Å². The van der Waals surface area contributed by atoms with E-state index in [1.54, 1.807) is 6.20 Å². The van der Waals surface area contributed by atoms with Crippen molar-refractivity contribution >= 4 is 12.1 Å². The van der Waals surface area contributed by atoms with Crippen LogP contribution >= 0.6 is 0 Å². The molecule has 1 heterocycles. The Kier molecular flexibility index (Phi) is 7.67. The van der Waals surface area contributed by atoms with E-state index < -0.39 is 12.1 Å². The molecule has 7 heteroatoms. The predicted molar refractivity (Wildman–Crippen MR) is 96.5 cm³/mol. The molecule has 0 saturated heterocycles. The van der Waals surface area contributed by atoms with Crippen molar-refractivity contribution in [1.82, 2.24) is 15.3 Å². The molecule has 1 amide bonds. The first-order valence-corrected chi connectivity index (χ1v) is 8.75. The van der Waals surface area contributed by atoms with Gasteiger partial charge in [-0.15, -0.1) is 0 Å². The summed E-state index contributed by atoms with van der Waals surface area (Å²) in [5.74, 6) is -0.108. The van der Waals surface area contributed by atoms with Crippen LogP contribution in [0.15, 0.2) is 36.5 Å². The maximum Gasteiger partial charge on any atom is 0.408 e. The lowest BCUT2D eigenvalue weighted by Crippen LogP contribution is -2.30. The number of benzene rings is 1. The second kappa shape index (κ2) is 10.2. The second-order valence-corrected chi connectivity index (χ2v) is 6.20. The van der Waals surface area contributed by atoms with Gasteiger partial charge in [-0.3, -0.25) is 4.79 Å². The average molecular weight is 359 g/mol. The monoisotopic (exact) mass is 359 g/mol. The van der Waals surface area contributed by atoms with E-state index >= 15 is 0 Å². The van der Waals surface area contributed by atoms with Crippen molar-refractivity contribution in [2.75, 3.05) is 0 Å². The Balaban J connectivity index is 1.84. The molecule has 0 aliphatic rings. The van der Waals surface area contributed by atoms with Gasteiger partial charge in [0, 0.05) is 18.3 Å². The smallest absolute Gasteiger partial charge is 0.408 e. The van der Waals surface area contributed by atoms with Gasteiger partial charge < -0.3 is 20.1 Å². The van der Waals surface area contributed by atoms with Crippen molar-refractivity contribution in [2.45, 2.75) is 51.7 Å². The van der Waals surface area contributed by atoms with Crippen LogP contribution in [0.25, 0.3) is 0 Å². The molecular weight excluding hydrogens is 334 g/mol. The second-order valence-electron chi connectivity index (χ2n) is 6.20. The number of hydrogen-bond donors (Lipinski definition) is 3. The Morgan fingerprint density at radius 3 is 2.65 bits per heavy atom. The van der Waals surface area contributed by atoms with Crippen LogP contribution in [-0.4, -0.2) is 27.1 Å². The topological polar surface area (TPSA) is 104 Å². The Morgan fingerprint density at radius 2 is 2.00 bits per heavy atom. The molecule has 3 N–H and O–H groups in total. The minimum absolute atomic E-state index is 0.164. The van der Waals surface area contributed by atoms with Crippen LogP contribution in [0.3, 0.4) is 0 Å². The van der Waals surface area contributed by atoms with Gasteiger partial charge in [0.1, 0.15) is 12.4 Å². The molecule has 1 unspecified atom stereocenters. The van der Waals surface area contributed by atoms with E-state index in [0.29, 0.717) is 18.7 Å². The zero-order chi connectivity index (χ0) is 18.8. The summed E-state index contributed by atoms with van der Waals surface area (Å²) >= 11 is 0. The van der Waals surface area contributed by atoms with Gasteiger partial charge >= 0.3 is 12.1 Å². The molecule has 1 atom stereocenters. The predicted octanol–water partition coefficient (Wildman–Crippen LogP) is 3.72. The minimum Gasteiger partial charge on any atom is -0.481 e. The molecule has 1 aromatic heterocycles. The third kappa shape index (κ3) is 6.96. The first-order chi connectivity index (χ1) is 12.5. The number of carbonyl (C=O) groups excluding carboxylic acids is 1. The number of aliphatic carboxylic acids is 1. The maximum absolute atomic E-state index is 12.1.